The first-order valence-corrected chi connectivity index (χ1v) is 12.9. The number of rotatable bonds is 3. The number of hydrogen-bond acceptors (Lipinski definition) is 4. The summed E-state index contributed by atoms with van der Waals surface area (Å²) in [5.41, 5.74) is 4.97. The van der Waals surface area contributed by atoms with Crippen molar-refractivity contribution in [2.75, 3.05) is 25.0 Å². The highest BCUT2D eigenvalue weighted by Gasteiger charge is 2.35. The zero-order chi connectivity index (χ0) is 20.2. The van der Waals surface area contributed by atoms with Gasteiger partial charge in [-0.1, -0.05) is 44.5 Å². The summed E-state index contributed by atoms with van der Waals surface area (Å²) in [6.07, 6.45) is 4.34. The largest absolute Gasteiger partial charge is 0.379 e. The van der Waals surface area contributed by atoms with Crippen molar-refractivity contribution in [3.05, 3.63) is 48.9 Å². The fourth-order valence-corrected chi connectivity index (χ4v) is 7.00. The van der Waals surface area contributed by atoms with Crippen LogP contribution in [0.1, 0.15) is 24.1 Å². The van der Waals surface area contributed by atoms with Crippen LogP contribution in [0.25, 0.3) is 28.5 Å². The van der Waals surface area contributed by atoms with Crippen LogP contribution in [0.15, 0.2) is 32.1 Å². The number of H-pyrrole nitrogens is 2. The SMILES string of the molecule is O=c1[nH]c2c(c(N[C@H]3CN4CCC3CC4)c1-c1nc3ccccc3[nH]1)C=IC(Cl)=C2. The Morgan fingerprint density at radius 1 is 1.20 bits per heavy atom. The molecule has 2 bridgehead atoms. The van der Waals surface area contributed by atoms with Crippen LogP contribution in [-0.2, 0) is 0 Å². The second-order valence-corrected chi connectivity index (χ2v) is 11.6. The topological polar surface area (TPSA) is 76.8 Å². The van der Waals surface area contributed by atoms with Crippen LogP contribution in [0.2, 0.25) is 0 Å². The van der Waals surface area contributed by atoms with Crippen LogP contribution >= 0.6 is 32.3 Å². The standard InChI is InChI=1S/C22H21ClIN5O/c23-18-9-16-13(10-24-18)20(25-17-11-29-7-5-12(17)6-8-29)19(22(30)28-16)21-26-14-3-1-2-4-15(14)27-21/h1-4,9-10,12,17H,5-8,11H2,(H,26,27)(H2,25,28,30)/t17-/m0/s1. The average Bonchev–Trinajstić information content (AvgIpc) is 3.18. The zero-order valence-electron chi connectivity index (χ0n) is 16.2. The van der Waals surface area contributed by atoms with Gasteiger partial charge in [0.15, 0.2) is 0 Å². The molecule has 0 spiro atoms. The molecule has 2 aromatic heterocycles. The Balaban J connectivity index is 1.53. The second kappa shape index (κ2) is 7.32. The fraction of sp³-hybridized carbons (Fsp3) is 0.318. The van der Waals surface area contributed by atoms with Gasteiger partial charge in [-0.2, -0.15) is 0 Å². The fourth-order valence-electron chi connectivity index (χ4n) is 4.87. The van der Waals surface area contributed by atoms with E-state index in [2.05, 4.69) is 24.2 Å². The lowest BCUT2D eigenvalue weighted by atomic mass is 9.83. The van der Waals surface area contributed by atoms with Gasteiger partial charge in [0.2, 0.25) is 0 Å². The summed E-state index contributed by atoms with van der Waals surface area (Å²) in [5.74, 6) is 1.25. The third kappa shape index (κ3) is 3.14. The van der Waals surface area contributed by atoms with E-state index in [-0.39, 0.29) is 5.56 Å². The van der Waals surface area contributed by atoms with Crippen LogP contribution in [-0.4, -0.2) is 49.5 Å². The minimum atomic E-state index is -0.399. The van der Waals surface area contributed by atoms with Crippen LogP contribution in [0.4, 0.5) is 5.69 Å². The Hall–Kier alpha value is -1.97. The van der Waals surface area contributed by atoms with Crippen molar-refractivity contribution >= 4 is 59.1 Å². The van der Waals surface area contributed by atoms with E-state index in [9.17, 15) is 4.79 Å². The number of aromatic nitrogens is 3. The number of nitrogens with one attached hydrogen (secondary N) is 3. The van der Waals surface area contributed by atoms with E-state index in [4.69, 9.17) is 16.6 Å². The van der Waals surface area contributed by atoms with Crippen molar-refractivity contribution in [2.24, 2.45) is 5.92 Å². The molecule has 6 heterocycles. The summed E-state index contributed by atoms with van der Waals surface area (Å²) in [6.45, 7) is 3.39. The quantitative estimate of drug-likeness (QED) is 0.443. The molecule has 1 aromatic carbocycles. The zero-order valence-corrected chi connectivity index (χ0v) is 19.1. The smallest absolute Gasteiger partial charge is 0.261 e. The van der Waals surface area contributed by atoms with Crippen molar-refractivity contribution in [1.29, 1.82) is 0 Å². The first-order chi connectivity index (χ1) is 14.7. The molecule has 0 unspecified atom stereocenters. The number of imidazole rings is 1. The molecule has 0 amide bonds. The summed E-state index contributed by atoms with van der Waals surface area (Å²) in [7, 11) is 0. The van der Waals surface area contributed by atoms with Crippen LogP contribution in [0.3, 0.4) is 0 Å². The number of hydrogen-bond donors (Lipinski definition) is 3. The van der Waals surface area contributed by atoms with Gasteiger partial charge in [0, 0.05) is 18.2 Å². The first kappa shape index (κ1) is 18.8. The van der Waals surface area contributed by atoms with E-state index in [1.54, 1.807) is 0 Å². The number of anilines is 1. The summed E-state index contributed by atoms with van der Waals surface area (Å²) >= 11 is 5.91. The van der Waals surface area contributed by atoms with Gasteiger partial charge in [-0.3, -0.25) is 4.79 Å². The maximum Gasteiger partial charge on any atom is 0.261 e. The summed E-state index contributed by atoms with van der Waals surface area (Å²) in [4.78, 5) is 26.9. The van der Waals surface area contributed by atoms with Gasteiger partial charge in [-0.05, 0) is 54.1 Å². The number of nitrogens with zero attached hydrogens (tertiary/aromatic N) is 2. The Bertz CT molecular complexity index is 1240. The normalized spacial score (nSPS) is 25.0. The van der Waals surface area contributed by atoms with Crippen molar-refractivity contribution in [1.82, 2.24) is 19.9 Å². The van der Waals surface area contributed by atoms with Gasteiger partial charge in [0.05, 0.1) is 25.5 Å². The van der Waals surface area contributed by atoms with Gasteiger partial charge in [-0.25, -0.2) is 4.98 Å². The first-order valence-electron chi connectivity index (χ1n) is 10.2. The third-order valence-electron chi connectivity index (χ3n) is 6.42. The van der Waals surface area contributed by atoms with Crippen molar-refractivity contribution in [3.63, 3.8) is 0 Å². The van der Waals surface area contributed by atoms with Crippen LogP contribution < -0.4 is 10.9 Å². The Morgan fingerprint density at radius 2 is 2.03 bits per heavy atom. The molecule has 0 saturated carbocycles. The van der Waals surface area contributed by atoms with Crippen molar-refractivity contribution < 1.29 is 0 Å². The van der Waals surface area contributed by atoms with Crippen LogP contribution in [0.5, 0.6) is 0 Å². The minimum Gasteiger partial charge on any atom is -0.379 e. The molecular weight excluding hydrogens is 513 g/mol. The van der Waals surface area contributed by atoms with Gasteiger partial charge >= 0.3 is 0 Å². The van der Waals surface area contributed by atoms with E-state index in [1.165, 1.54) is 25.9 Å². The summed E-state index contributed by atoms with van der Waals surface area (Å²) in [6, 6.07) is 8.22. The predicted octanol–water partition coefficient (Wildman–Crippen LogP) is 4.10. The molecule has 0 aliphatic carbocycles. The van der Waals surface area contributed by atoms with E-state index in [1.807, 2.05) is 30.3 Å². The highest BCUT2D eigenvalue weighted by Crippen LogP contribution is 2.37. The van der Waals surface area contributed by atoms with Gasteiger partial charge in [0.25, 0.3) is 5.56 Å². The molecular formula is C22H21ClIN5O. The van der Waals surface area contributed by atoms with Gasteiger partial charge < -0.3 is 20.2 Å². The van der Waals surface area contributed by atoms with Gasteiger partial charge in [0.1, 0.15) is 11.4 Å². The number of pyridine rings is 1. The molecule has 6 nitrogen and oxygen atoms in total. The maximum atomic E-state index is 13.3. The molecule has 30 heavy (non-hydrogen) atoms. The number of piperidine rings is 3. The predicted molar refractivity (Wildman–Crippen MR) is 132 cm³/mol. The van der Waals surface area contributed by atoms with Crippen molar-refractivity contribution in [3.8, 4) is 11.4 Å². The van der Waals surface area contributed by atoms with E-state index >= 15 is 0 Å². The summed E-state index contributed by atoms with van der Waals surface area (Å²) in [5, 5.41) is 3.80. The molecule has 4 aliphatic rings. The molecule has 4 aliphatic heterocycles. The van der Waals surface area contributed by atoms with E-state index in [0.29, 0.717) is 23.3 Å². The molecule has 8 heteroatoms. The van der Waals surface area contributed by atoms with Gasteiger partial charge in [-0.15, -0.1) is 0 Å². The summed E-state index contributed by atoms with van der Waals surface area (Å²) < 4.78 is 3.05. The Labute approximate surface area is 188 Å². The molecule has 3 aromatic rings. The van der Waals surface area contributed by atoms with Crippen molar-refractivity contribution in [2.45, 2.75) is 18.9 Å². The number of halogens is 2. The molecule has 7 rings (SSSR count). The molecule has 3 fully saturated rings. The lowest BCUT2D eigenvalue weighted by molar-refractivity contribution is 0.0975. The number of para-hydroxylation sites is 2. The number of aromatic amines is 2. The van der Waals surface area contributed by atoms with E-state index in [0.717, 1.165) is 37.6 Å². The van der Waals surface area contributed by atoms with Crippen LogP contribution in [0, 0.1) is 5.92 Å². The molecule has 3 saturated heterocycles. The molecule has 3 N–H and O–H groups in total. The number of benzene rings is 1. The lowest BCUT2D eigenvalue weighted by Crippen LogP contribution is -2.53. The molecule has 154 valence electrons. The third-order valence-corrected chi connectivity index (χ3v) is 8.92. The highest BCUT2D eigenvalue weighted by atomic mass is 127. The Kier molecular flexibility index (Phi) is 4.58. The maximum absolute atomic E-state index is 13.3. The lowest BCUT2D eigenvalue weighted by Gasteiger charge is -2.45. The minimum absolute atomic E-state index is 0.147. The molecule has 0 radical (unpaired) electrons. The highest BCUT2D eigenvalue weighted by molar-refractivity contribution is 14.2. The average molecular weight is 534 g/mol. The van der Waals surface area contributed by atoms with E-state index < -0.39 is 20.7 Å². The Morgan fingerprint density at radius 3 is 2.80 bits per heavy atom. The molecule has 1 atom stereocenters. The number of fused-ring (bicyclic) bond motifs is 5. The second-order valence-electron chi connectivity index (χ2n) is 8.18. The monoisotopic (exact) mass is 533 g/mol.